The minimum atomic E-state index is -0.0591. The second-order valence-corrected chi connectivity index (χ2v) is 6.59. The number of nitrogens with one attached hydrogen (secondary N) is 2. The van der Waals surface area contributed by atoms with Crippen LogP contribution in [-0.4, -0.2) is 35.8 Å². The zero-order chi connectivity index (χ0) is 15.3. The van der Waals surface area contributed by atoms with Crippen molar-refractivity contribution in [1.29, 1.82) is 0 Å². The Balaban J connectivity index is 2.00. The molecule has 2 rings (SSSR count). The van der Waals surface area contributed by atoms with E-state index in [0.717, 1.165) is 43.6 Å². The van der Waals surface area contributed by atoms with Gasteiger partial charge in [0.2, 0.25) is 0 Å². The highest BCUT2D eigenvalue weighted by atomic mass is 16.5. The lowest BCUT2D eigenvalue weighted by Gasteiger charge is -2.19. The summed E-state index contributed by atoms with van der Waals surface area (Å²) in [6.45, 7) is 11.1. The highest BCUT2D eigenvalue weighted by Gasteiger charge is 2.19. The standard InChI is InChI=1S/C16H28N4O/c1-5-17-13-11-14(20-15(19-13)16(2,3)4)18-9-8-12-7-6-10-21-12/h11-12H,5-10H2,1-4H3,(H2,17,18,19,20). The molecule has 0 radical (unpaired) electrons. The van der Waals surface area contributed by atoms with Gasteiger partial charge in [-0.05, 0) is 26.2 Å². The molecule has 118 valence electrons. The number of hydrogen-bond donors (Lipinski definition) is 2. The van der Waals surface area contributed by atoms with Crippen molar-refractivity contribution in [1.82, 2.24) is 9.97 Å². The molecule has 0 amide bonds. The Morgan fingerprint density at radius 2 is 1.95 bits per heavy atom. The third kappa shape index (κ3) is 4.84. The summed E-state index contributed by atoms with van der Waals surface area (Å²) in [5.41, 5.74) is -0.0591. The van der Waals surface area contributed by atoms with E-state index < -0.39 is 0 Å². The molecule has 0 aliphatic carbocycles. The number of anilines is 2. The fourth-order valence-electron chi connectivity index (χ4n) is 2.38. The van der Waals surface area contributed by atoms with Crippen LogP contribution in [0.15, 0.2) is 6.07 Å². The van der Waals surface area contributed by atoms with Gasteiger partial charge in [0.1, 0.15) is 17.5 Å². The molecular weight excluding hydrogens is 264 g/mol. The molecular formula is C16H28N4O. The van der Waals surface area contributed by atoms with Crippen molar-refractivity contribution in [3.63, 3.8) is 0 Å². The lowest BCUT2D eigenvalue weighted by atomic mass is 9.96. The first kappa shape index (κ1) is 16.0. The summed E-state index contributed by atoms with van der Waals surface area (Å²) in [7, 11) is 0. The first-order chi connectivity index (χ1) is 9.99. The summed E-state index contributed by atoms with van der Waals surface area (Å²) in [4.78, 5) is 9.24. The molecule has 0 bridgehead atoms. The highest BCUT2D eigenvalue weighted by molar-refractivity contribution is 5.48. The predicted octanol–water partition coefficient (Wildman–Crippen LogP) is 3.19. The van der Waals surface area contributed by atoms with E-state index in [1.54, 1.807) is 0 Å². The Kier molecular flexibility index (Phi) is 5.39. The second-order valence-electron chi connectivity index (χ2n) is 6.59. The molecule has 5 nitrogen and oxygen atoms in total. The third-order valence-electron chi connectivity index (χ3n) is 3.55. The Hall–Kier alpha value is -1.36. The monoisotopic (exact) mass is 292 g/mol. The maximum Gasteiger partial charge on any atom is 0.138 e. The van der Waals surface area contributed by atoms with Crippen molar-refractivity contribution in [3.8, 4) is 0 Å². The Morgan fingerprint density at radius 3 is 2.52 bits per heavy atom. The van der Waals surface area contributed by atoms with E-state index in [1.165, 1.54) is 12.8 Å². The van der Waals surface area contributed by atoms with E-state index in [9.17, 15) is 0 Å². The van der Waals surface area contributed by atoms with Crippen LogP contribution in [0.1, 0.15) is 52.8 Å². The summed E-state index contributed by atoms with van der Waals surface area (Å²) < 4.78 is 5.65. The molecule has 2 N–H and O–H groups in total. The maximum atomic E-state index is 5.65. The average molecular weight is 292 g/mol. The first-order valence-corrected chi connectivity index (χ1v) is 7.98. The van der Waals surface area contributed by atoms with Crippen LogP contribution in [0.3, 0.4) is 0 Å². The predicted molar refractivity (Wildman–Crippen MR) is 87.0 cm³/mol. The van der Waals surface area contributed by atoms with Crippen molar-refractivity contribution in [2.75, 3.05) is 30.3 Å². The molecule has 0 saturated carbocycles. The Bertz CT molecular complexity index is 450. The van der Waals surface area contributed by atoms with Crippen molar-refractivity contribution in [2.45, 2.75) is 58.5 Å². The summed E-state index contributed by atoms with van der Waals surface area (Å²) >= 11 is 0. The molecule has 1 unspecified atom stereocenters. The van der Waals surface area contributed by atoms with E-state index >= 15 is 0 Å². The topological polar surface area (TPSA) is 59.1 Å². The fourth-order valence-corrected chi connectivity index (χ4v) is 2.38. The number of aromatic nitrogens is 2. The SMILES string of the molecule is CCNc1cc(NCCC2CCCO2)nc(C(C)(C)C)n1. The van der Waals surface area contributed by atoms with E-state index in [1.807, 2.05) is 6.07 Å². The third-order valence-corrected chi connectivity index (χ3v) is 3.55. The van der Waals surface area contributed by atoms with E-state index in [4.69, 9.17) is 4.74 Å². The van der Waals surface area contributed by atoms with Gasteiger partial charge in [-0.15, -0.1) is 0 Å². The maximum absolute atomic E-state index is 5.65. The summed E-state index contributed by atoms with van der Waals surface area (Å²) in [5.74, 6) is 2.64. The van der Waals surface area contributed by atoms with Crippen molar-refractivity contribution in [2.24, 2.45) is 0 Å². The van der Waals surface area contributed by atoms with Crippen LogP contribution in [0.5, 0.6) is 0 Å². The minimum absolute atomic E-state index is 0.0591. The highest BCUT2D eigenvalue weighted by Crippen LogP contribution is 2.22. The van der Waals surface area contributed by atoms with Crippen LogP contribution < -0.4 is 10.6 Å². The van der Waals surface area contributed by atoms with E-state index in [2.05, 4.69) is 48.3 Å². The zero-order valence-corrected chi connectivity index (χ0v) is 13.7. The molecule has 1 aromatic heterocycles. The molecule has 2 heterocycles. The molecule has 1 saturated heterocycles. The van der Waals surface area contributed by atoms with Crippen molar-refractivity contribution in [3.05, 3.63) is 11.9 Å². The van der Waals surface area contributed by atoms with E-state index in [-0.39, 0.29) is 5.41 Å². The van der Waals surface area contributed by atoms with Gasteiger partial charge in [-0.1, -0.05) is 20.8 Å². The largest absolute Gasteiger partial charge is 0.378 e. The smallest absolute Gasteiger partial charge is 0.138 e. The molecule has 1 aromatic rings. The van der Waals surface area contributed by atoms with Gasteiger partial charge in [-0.2, -0.15) is 0 Å². The number of hydrogen-bond acceptors (Lipinski definition) is 5. The summed E-state index contributed by atoms with van der Waals surface area (Å²) in [6, 6.07) is 1.98. The molecule has 21 heavy (non-hydrogen) atoms. The van der Waals surface area contributed by atoms with Gasteiger partial charge in [-0.25, -0.2) is 9.97 Å². The van der Waals surface area contributed by atoms with E-state index in [0.29, 0.717) is 6.10 Å². The summed E-state index contributed by atoms with van der Waals surface area (Å²) in [5, 5.41) is 6.69. The van der Waals surface area contributed by atoms with Crippen LogP contribution >= 0.6 is 0 Å². The molecule has 1 fully saturated rings. The van der Waals surface area contributed by atoms with Crippen molar-refractivity contribution < 1.29 is 4.74 Å². The van der Waals surface area contributed by atoms with Gasteiger partial charge < -0.3 is 15.4 Å². The normalized spacial score (nSPS) is 18.8. The van der Waals surface area contributed by atoms with Crippen LogP contribution in [-0.2, 0) is 10.2 Å². The number of rotatable bonds is 6. The summed E-state index contributed by atoms with van der Waals surface area (Å²) in [6.07, 6.45) is 3.82. The molecule has 1 aliphatic rings. The Morgan fingerprint density at radius 1 is 1.24 bits per heavy atom. The second kappa shape index (κ2) is 7.07. The zero-order valence-electron chi connectivity index (χ0n) is 13.7. The molecule has 5 heteroatoms. The Labute approximate surface area is 127 Å². The average Bonchev–Trinajstić information content (AvgIpc) is 2.91. The number of ether oxygens (including phenoxy) is 1. The fraction of sp³-hybridized carbons (Fsp3) is 0.750. The lowest BCUT2D eigenvalue weighted by molar-refractivity contribution is 0.107. The van der Waals surface area contributed by atoms with Gasteiger partial charge in [-0.3, -0.25) is 0 Å². The van der Waals surface area contributed by atoms with Gasteiger partial charge in [0.15, 0.2) is 0 Å². The molecule has 0 spiro atoms. The number of nitrogens with zero attached hydrogens (tertiary/aromatic N) is 2. The van der Waals surface area contributed by atoms with Crippen LogP contribution in [0, 0.1) is 0 Å². The lowest BCUT2D eigenvalue weighted by Crippen LogP contribution is -2.19. The molecule has 0 aromatic carbocycles. The van der Waals surface area contributed by atoms with Crippen LogP contribution in [0.25, 0.3) is 0 Å². The van der Waals surface area contributed by atoms with Gasteiger partial charge in [0.05, 0.1) is 6.10 Å². The van der Waals surface area contributed by atoms with Gasteiger partial charge in [0.25, 0.3) is 0 Å². The van der Waals surface area contributed by atoms with Crippen LogP contribution in [0.2, 0.25) is 0 Å². The first-order valence-electron chi connectivity index (χ1n) is 7.98. The quantitative estimate of drug-likeness (QED) is 0.843. The minimum Gasteiger partial charge on any atom is -0.378 e. The van der Waals surface area contributed by atoms with Crippen LogP contribution in [0.4, 0.5) is 11.6 Å². The van der Waals surface area contributed by atoms with Gasteiger partial charge in [0, 0.05) is 31.2 Å². The molecule has 1 atom stereocenters. The molecule has 1 aliphatic heterocycles. The van der Waals surface area contributed by atoms with Crippen molar-refractivity contribution >= 4 is 11.6 Å². The van der Waals surface area contributed by atoms with Gasteiger partial charge >= 0.3 is 0 Å².